The Hall–Kier alpha value is -2.45. The number of esters is 2. The van der Waals surface area contributed by atoms with Gasteiger partial charge in [0.25, 0.3) is 10.1 Å². The number of carbonyl (C=O) groups excluding carboxylic acids is 2. The van der Waals surface area contributed by atoms with Crippen molar-refractivity contribution in [1.29, 1.82) is 0 Å². The summed E-state index contributed by atoms with van der Waals surface area (Å²) in [5.74, 6) is -1.51. The molecule has 0 unspecified atom stereocenters. The van der Waals surface area contributed by atoms with E-state index < -0.39 is 27.0 Å². The Bertz CT molecular complexity index is 1370. The van der Waals surface area contributed by atoms with Gasteiger partial charge in [0.2, 0.25) is 0 Å². The molecule has 0 bridgehead atoms. The molecule has 0 amide bonds. The normalized spacial score (nSPS) is 11.9. The van der Waals surface area contributed by atoms with Crippen LogP contribution in [0.25, 0.3) is 0 Å². The number of carbonyl (C=O) groups is 2. The van der Waals surface area contributed by atoms with Crippen LogP contribution < -0.4 is 0 Å². The topological polar surface area (TPSA) is 107 Å². The van der Waals surface area contributed by atoms with E-state index in [4.69, 9.17) is 9.47 Å². The monoisotopic (exact) mass is 887 g/mol. The van der Waals surface area contributed by atoms with Crippen LogP contribution in [0.5, 0.6) is 0 Å². The molecule has 1 aromatic carbocycles. The third-order valence-corrected chi connectivity index (χ3v) is 12.9. The minimum absolute atomic E-state index is 0.0652. The van der Waals surface area contributed by atoms with Gasteiger partial charge in [-0.15, -0.1) is 0 Å². The minimum atomic E-state index is -4.58. The van der Waals surface area contributed by atoms with Gasteiger partial charge in [-0.1, -0.05) is 218 Å². The maximum atomic E-state index is 13.0. The van der Waals surface area contributed by atoms with E-state index in [1.54, 1.807) is 0 Å². The predicted molar refractivity (Wildman–Crippen MR) is 262 cm³/mol. The van der Waals surface area contributed by atoms with Gasteiger partial charge in [-0.3, -0.25) is 4.55 Å². The van der Waals surface area contributed by atoms with Crippen molar-refractivity contribution in [2.75, 3.05) is 13.2 Å². The summed E-state index contributed by atoms with van der Waals surface area (Å²) >= 11 is 0. The predicted octanol–water partition coefficient (Wildman–Crippen LogP) is 17.2. The zero-order valence-electron chi connectivity index (χ0n) is 40.1. The van der Waals surface area contributed by atoms with Crippen molar-refractivity contribution in [1.82, 2.24) is 0 Å². The fourth-order valence-corrected chi connectivity index (χ4v) is 8.49. The molecular formula is C54H94O7S. The van der Waals surface area contributed by atoms with Gasteiger partial charge in [0.05, 0.1) is 29.2 Å². The van der Waals surface area contributed by atoms with Crippen LogP contribution in [-0.4, -0.2) is 38.1 Å². The Morgan fingerprint density at radius 3 is 1.00 bits per heavy atom. The van der Waals surface area contributed by atoms with Gasteiger partial charge in [-0.25, -0.2) is 9.59 Å². The maximum Gasteiger partial charge on any atom is 0.339 e. The molecule has 62 heavy (non-hydrogen) atoms. The second-order valence-corrected chi connectivity index (χ2v) is 19.3. The molecule has 0 aliphatic rings. The first kappa shape index (κ1) is 57.6. The lowest BCUT2D eigenvalue weighted by Crippen LogP contribution is -2.16. The molecule has 0 heterocycles. The first-order valence-electron chi connectivity index (χ1n) is 26.1. The third kappa shape index (κ3) is 35.0. The lowest BCUT2D eigenvalue weighted by atomic mass is 10.0. The Morgan fingerprint density at radius 1 is 0.419 bits per heavy atom. The van der Waals surface area contributed by atoms with Crippen LogP contribution in [0, 0.1) is 0 Å². The van der Waals surface area contributed by atoms with Crippen LogP contribution in [-0.2, 0) is 19.6 Å². The summed E-state index contributed by atoms with van der Waals surface area (Å²) in [7, 11) is -4.58. The molecule has 0 aliphatic heterocycles. The Morgan fingerprint density at radius 2 is 0.694 bits per heavy atom. The van der Waals surface area contributed by atoms with Crippen LogP contribution in [0.1, 0.15) is 279 Å². The average Bonchev–Trinajstić information content (AvgIpc) is 3.26. The molecule has 8 heteroatoms. The molecule has 0 atom stereocenters. The summed E-state index contributed by atoms with van der Waals surface area (Å²) in [6.07, 6.45) is 56.8. The molecule has 0 aliphatic carbocycles. The van der Waals surface area contributed by atoms with Crippen molar-refractivity contribution < 1.29 is 32.0 Å². The summed E-state index contributed by atoms with van der Waals surface area (Å²) < 4.78 is 44.1. The highest BCUT2D eigenvalue weighted by Crippen LogP contribution is 2.20. The molecule has 7 nitrogen and oxygen atoms in total. The molecule has 1 N–H and O–H groups in total. The van der Waals surface area contributed by atoms with Crippen molar-refractivity contribution in [2.45, 2.75) is 263 Å². The summed E-state index contributed by atoms with van der Waals surface area (Å²) in [4.78, 5) is 25.5. The molecule has 0 fully saturated rings. The van der Waals surface area contributed by atoms with Gasteiger partial charge < -0.3 is 9.47 Å². The molecular weight excluding hydrogens is 793 g/mol. The zero-order chi connectivity index (χ0) is 45.0. The van der Waals surface area contributed by atoms with Crippen molar-refractivity contribution in [3.63, 3.8) is 0 Å². The van der Waals surface area contributed by atoms with Gasteiger partial charge in [-0.2, -0.15) is 8.42 Å². The van der Waals surface area contributed by atoms with Crippen molar-refractivity contribution in [2.24, 2.45) is 0 Å². The van der Waals surface area contributed by atoms with Crippen molar-refractivity contribution in [3.05, 3.63) is 53.6 Å². The lowest BCUT2D eigenvalue weighted by molar-refractivity contribution is 0.0450. The lowest BCUT2D eigenvalue weighted by Gasteiger charge is -2.11. The Balaban J connectivity index is 2.14. The standard InChI is InChI=1S/C54H94O7S/c1-3-5-7-9-11-13-15-17-19-21-23-25-27-29-31-33-35-37-39-41-43-47-60-53(55)51-46-45-50(62(57,58)59)49-52(51)54(56)61-48-44-42-40-38-36-34-32-30-28-26-24-22-20-18-16-14-12-10-8-6-4-2/h29-32,45-46,49H,3-28,33-44,47-48H2,1-2H3,(H,57,58,59)/b31-29+,32-30+. The second kappa shape index (κ2) is 42.5. The van der Waals surface area contributed by atoms with Gasteiger partial charge in [-0.05, 0) is 82.4 Å². The molecule has 1 rings (SSSR count). The zero-order valence-corrected chi connectivity index (χ0v) is 40.9. The van der Waals surface area contributed by atoms with E-state index >= 15 is 0 Å². The molecule has 358 valence electrons. The Labute approximate surface area is 382 Å². The fourth-order valence-electron chi connectivity index (χ4n) is 7.98. The van der Waals surface area contributed by atoms with Crippen LogP contribution >= 0.6 is 0 Å². The molecule has 0 saturated carbocycles. The Kier molecular flexibility index (Phi) is 39.5. The molecule has 1 aromatic rings. The highest BCUT2D eigenvalue weighted by Gasteiger charge is 2.23. The van der Waals surface area contributed by atoms with Crippen LogP contribution in [0.2, 0.25) is 0 Å². The molecule has 0 spiro atoms. The number of allylic oxidation sites excluding steroid dienone is 4. The number of benzene rings is 1. The summed E-state index contributed by atoms with van der Waals surface area (Å²) in [5.41, 5.74) is -0.281. The SMILES string of the molecule is CCCCCCCCCCCCCC/C=C/CCCCCCCOC(=O)c1ccc(S(=O)(=O)O)cc1C(=O)OCCCCCCC/C=C/CCCCCCCCCCCCCC. The third-order valence-electron chi connectivity index (χ3n) is 12.0. The maximum absolute atomic E-state index is 13.0. The van der Waals surface area contributed by atoms with Crippen LogP contribution in [0.4, 0.5) is 0 Å². The number of unbranched alkanes of at least 4 members (excludes halogenated alkanes) is 34. The number of ether oxygens (including phenoxy) is 2. The van der Waals surface area contributed by atoms with E-state index in [0.29, 0.717) is 12.8 Å². The molecule has 0 radical (unpaired) electrons. The fraction of sp³-hybridized carbons (Fsp3) is 0.778. The molecule has 0 saturated heterocycles. The first-order valence-corrected chi connectivity index (χ1v) is 27.5. The number of rotatable bonds is 45. The van der Waals surface area contributed by atoms with E-state index in [1.165, 1.54) is 173 Å². The quantitative estimate of drug-likeness (QED) is 0.0301. The van der Waals surface area contributed by atoms with Crippen LogP contribution in [0.15, 0.2) is 47.4 Å². The van der Waals surface area contributed by atoms with Gasteiger partial charge >= 0.3 is 11.9 Å². The highest BCUT2D eigenvalue weighted by atomic mass is 32.2. The first-order chi connectivity index (χ1) is 30.3. The largest absolute Gasteiger partial charge is 0.462 e. The second-order valence-electron chi connectivity index (χ2n) is 17.9. The summed E-state index contributed by atoms with van der Waals surface area (Å²) in [5, 5.41) is 0. The van der Waals surface area contributed by atoms with E-state index in [2.05, 4.69) is 38.2 Å². The van der Waals surface area contributed by atoms with E-state index in [-0.39, 0.29) is 24.3 Å². The van der Waals surface area contributed by atoms with Crippen molar-refractivity contribution in [3.8, 4) is 0 Å². The van der Waals surface area contributed by atoms with E-state index in [1.807, 2.05) is 0 Å². The molecule has 0 aromatic heterocycles. The van der Waals surface area contributed by atoms with Crippen molar-refractivity contribution >= 4 is 22.1 Å². The van der Waals surface area contributed by atoms with Gasteiger partial charge in [0.15, 0.2) is 0 Å². The van der Waals surface area contributed by atoms with E-state index in [9.17, 15) is 22.6 Å². The highest BCUT2D eigenvalue weighted by molar-refractivity contribution is 7.85. The van der Waals surface area contributed by atoms with Gasteiger partial charge in [0, 0.05) is 0 Å². The summed E-state index contributed by atoms with van der Waals surface area (Å²) in [6.45, 7) is 4.92. The minimum Gasteiger partial charge on any atom is -0.462 e. The van der Waals surface area contributed by atoms with Crippen LogP contribution in [0.3, 0.4) is 0 Å². The van der Waals surface area contributed by atoms with E-state index in [0.717, 1.165) is 76.3 Å². The number of hydrogen-bond donors (Lipinski definition) is 1. The van der Waals surface area contributed by atoms with Gasteiger partial charge in [0.1, 0.15) is 0 Å². The average molecular weight is 887 g/mol. The summed E-state index contributed by atoms with van der Waals surface area (Å²) in [6, 6.07) is 3.30. The number of hydrogen-bond acceptors (Lipinski definition) is 6. The smallest absolute Gasteiger partial charge is 0.339 e.